The van der Waals surface area contributed by atoms with Crippen molar-refractivity contribution in [1.82, 2.24) is 0 Å². The van der Waals surface area contributed by atoms with E-state index in [0.29, 0.717) is 22.8 Å². The quantitative estimate of drug-likeness (QED) is 0.888. The Bertz CT molecular complexity index is 679. The Morgan fingerprint density at radius 1 is 0.955 bits per heavy atom. The van der Waals surface area contributed by atoms with E-state index in [4.69, 9.17) is 19.3 Å². The number of rotatable bonds is 6. The Morgan fingerprint density at radius 2 is 1.68 bits per heavy atom. The number of hydrogen-bond donors (Lipinski definition) is 1. The fraction of sp³-hybridized carbons (Fsp3) is 0.235. The summed E-state index contributed by atoms with van der Waals surface area (Å²) in [5, 5.41) is 8.96. The summed E-state index contributed by atoms with van der Waals surface area (Å²) in [6, 6.07) is 10.8. The molecular formula is C17H18O5. The van der Waals surface area contributed by atoms with Gasteiger partial charge in [0.2, 0.25) is 0 Å². The Kier molecular flexibility index (Phi) is 4.88. The molecule has 0 heterocycles. The highest BCUT2D eigenvalue weighted by atomic mass is 16.5. The zero-order valence-corrected chi connectivity index (χ0v) is 12.8. The molecule has 2 rings (SSSR count). The van der Waals surface area contributed by atoms with Gasteiger partial charge in [0.1, 0.15) is 5.75 Å². The van der Waals surface area contributed by atoms with Gasteiger partial charge in [0.05, 0.1) is 27.8 Å². The molecule has 5 heteroatoms. The number of benzene rings is 2. The molecule has 0 aliphatic heterocycles. The van der Waals surface area contributed by atoms with Crippen LogP contribution in [0.3, 0.4) is 0 Å². The molecule has 0 unspecified atom stereocenters. The molecule has 0 saturated heterocycles. The first kappa shape index (κ1) is 15.7. The van der Waals surface area contributed by atoms with Gasteiger partial charge in [-0.15, -0.1) is 0 Å². The molecule has 2 aromatic carbocycles. The van der Waals surface area contributed by atoms with Crippen LogP contribution in [0.1, 0.15) is 5.56 Å². The molecule has 0 atom stereocenters. The van der Waals surface area contributed by atoms with Gasteiger partial charge < -0.3 is 19.3 Å². The Labute approximate surface area is 129 Å². The third-order valence-corrected chi connectivity index (χ3v) is 3.31. The van der Waals surface area contributed by atoms with Crippen LogP contribution in [0.25, 0.3) is 11.1 Å². The normalized spacial score (nSPS) is 10.1. The van der Waals surface area contributed by atoms with Crippen LogP contribution in [0, 0.1) is 0 Å². The number of methoxy groups -OCH3 is 3. The topological polar surface area (TPSA) is 65.0 Å². The van der Waals surface area contributed by atoms with Crippen molar-refractivity contribution in [2.75, 3.05) is 21.3 Å². The van der Waals surface area contributed by atoms with Gasteiger partial charge >= 0.3 is 5.97 Å². The molecule has 22 heavy (non-hydrogen) atoms. The maximum absolute atomic E-state index is 10.9. The fourth-order valence-electron chi connectivity index (χ4n) is 2.35. The average Bonchev–Trinajstić information content (AvgIpc) is 2.53. The summed E-state index contributed by atoms with van der Waals surface area (Å²) in [7, 11) is 4.71. The van der Waals surface area contributed by atoms with Gasteiger partial charge in [-0.25, -0.2) is 0 Å². The molecule has 0 fully saturated rings. The number of carbonyl (C=O) groups is 1. The van der Waals surface area contributed by atoms with E-state index in [1.165, 1.54) is 0 Å². The molecule has 0 spiro atoms. The van der Waals surface area contributed by atoms with Crippen molar-refractivity contribution in [2.45, 2.75) is 6.42 Å². The molecule has 0 amide bonds. The van der Waals surface area contributed by atoms with Gasteiger partial charge in [0, 0.05) is 11.1 Å². The van der Waals surface area contributed by atoms with Crippen molar-refractivity contribution in [3.05, 3.63) is 42.0 Å². The second-order valence-electron chi connectivity index (χ2n) is 4.65. The largest absolute Gasteiger partial charge is 0.496 e. The SMILES string of the molecule is COc1ccc(CC(=O)O)cc1-c1cccc(OC)c1OC. The minimum Gasteiger partial charge on any atom is -0.496 e. The second-order valence-corrected chi connectivity index (χ2v) is 4.65. The molecular weight excluding hydrogens is 284 g/mol. The Hall–Kier alpha value is -2.69. The number of aliphatic carboxylic acids is 1. The molecule has 0 saturated carbocycles. The summed E-state index contributed by atoms with van der Waals surface area (Å²) < 4.78 is 16.1. The highest BCUT2D eigenvalue weighted by molar-refractivity contribution is 5.80. The van der Waals surface area contributed by atoms with E-state index in [0.717, 1.165) is 11.1 Å². The van der Waals surface area contributed by atoms with Crippen molar-refractivity contribution in [3.63, 3.8) is 0 Å². The third kappa shape index (κ3) is 3.14. The summed E-state index contributed by atoms with van der Waals surface area (Å²) in [5.74, 6) is 0.941. The zero-order chi connectivity index (χ0) is 16.1. The summed E-state index contributed by atoms with van der Waals surface area (Å²) in [4.78, 5) is 10.9. The summed E-state index contributed by atoms with van der Waals surface area (Å²) >= 11 is 0. The lowest BCUT2D eigenvalue weighted by Gasteiger charge is -2.15. The van der Waals surface area contributed by atoms with Crippen LogP contribution in [-0.2, 0) is 11.2 Å². The maximum Gasteiger partial charge on any atom is 0.307 e. The van der Waals surface area contributed by atoms with E-state index < -0.39 is 5.97 Å². The lowest BCUT2D eigenvalue weighted by molar-refractivity contribution is -0.136. The third-order valence-electron chi connectivity index (χ3n) is 3.31. The van der Waals surface area contributed by atoms with Gasteiger partial charge in [-0.3, -0.25) is 4.79 Å². The van der Waals surface area contributed by atoms with Crippen LogP contribution >= 0.6 is 0 Å². The van der Waals surface area contributed by atoms with Crippen LogP contribution < -0.4 is 14.2 Å². The highest BCUT2D eigenvalue weighted by Crippen LogP contribution is 2.41. The lowest BCUT2D eigenvalue weighted by atomic mass is 9.99. The van der Waals surface area contributed by atoms with E-state index in [1.54, 1.807) is 45.6 Å². The van der Waals surface area contributed by atoms with Gasteiger partial charge in [0.25, 0.3) is 0 Å². The summed E-state index contributed by atoms with van der Waals surface area (Å²) in [6.07, 6.45) is -0.0523. The lowest BCUT2D eigenvalue weighted by Crippen LogP contribution is -2.01. The molecule has 0 radical (unpaired) electrons. The van der Waals surface area contributed by atoms with Gasteiger partial charge in [-0.2, -0.15) is 0 Å². The smallest absolute Gasteiger partial charge is 0.307 e. The predicted molar refractivity (Wildman–Crippen MR) is 82.9 cm³/mol. The van der Waals surface area contributed by atoms with E-state index in [1.807, 2.05) is 12.1 Å². The number of hydrogen-bond acceptors (Lipinski definition) is 4. The average molecular weight is 302 g/mol. The van der Waals surface area contributed by atoms with Gasteiger partial charge in [0.15, 0.2) is 11.5 Å². The van der Waals surface area contributed by atoms with Crippen molar-refractivity contribution < 1.29 is 24.1 Å². The Balaban J connectivity index is 2.62. The maximum atomic E-state index is 10.9. The molecule has 5 nitrogen and oxygen atoms in total. The van der Waals surface area contributed by atoms with Crippen molar-refractivity contribution >= 4 is 5.97 Å². The first-order chi connectivity index (χ1) is 10.6. The summed E-state index contributed by atoms with van der Waals surface area (Å²) in [5.41, 5.74) is 2.23. The molecule has 0 aromatic heterocycles. The van der Waals surface area contributed by atoms with Crippen LogP contribution in [-0.4, -0.2) is 32.4 Å². The van der Waals surface area contributed by atoms with Gasteiger partial charge in [-0.1, -0.05) is 18.2 Å². The minimum absolute atomic E-state index is 0.0523. The zero-order valence-electron chi connectivity index (χ0n) is 12.8. The standard InChI is InChI=1S/C17H18O5/c1-20-14-8-7-11(10-16(18)19)9-13(14)12-5-4-6-15(21-2)17(12)22-3/h4-9H,10H2,1-3H3,(H,18,19). The number of para-hydroxylation sites is 1. The van der Waals surface area contributed by atoms with Crippen molar-refractivity contribution in [3.8, 4) is 28.4 Å². The summed E-state index contributed by atoms with van der Waals surface area (Å²) in [6.45, 7) is 0. The van der Waals surface area contributed by atoms with Crippen LogP contribution in [0.5, 0.6) is 17.2 Å². The van der Waals surface area contributed by atoms with Crippen LogP contribution in [0.2, 0.25) is 0 Å². The van der Waals surface area contributed by atoms with E-state index >= 15 is 0 Å². The van der Waals surface area contributed by atoms with Crippen LogP contribution in [0.15, 0.2) is 36.4 Å². The van der Waals surface area contributed by atoms with Gasteiger partial charge in [-0.05, 0) is 23.8 Å². The van der Waals surface area contributed by atoms with E-state index in [-0.39, 0.29) is 6.42 Å². The molecule has 0 aliphatic rings. The van der Waals surface area contributed by atoms with Crippen molar-refractivity contribution in [2.24, 2.45) is 0 Å². The van der Waals surface area contributed by atoms with Crippen molar-refractivity contribution in [1.29, 1.82) is 0 Å². The van der Waals surface area contributed by atoms with E-state index in [2.05, 4.69) is 0 Å². The minimum atomic E-state index is -0.881. The Morgan fingerprint density at radius 3 is 2.27 bits per heavy atom. The number of ether oxygens (including phenoxy) is 3. The molecule has 2 aromatic rings. The first-order valence-corrected chi connectivity index (χ1v) is 6.70. The fourth-order valence-corrected chi connectivity index (χ4v) is 2.35. The van der Waals surface area contributed by atoms with E-state index in [9.17, 15) is 4.79 Å². The number of carboxylic acids is 1. The van der Waals surface area contributed by atoms with Crippen LogP contribution in [0.4, 0.5) is 0 Å². The second kappa shape index (κ2) is 6.85. The molecule has 0 aliphatic carbocycles. The predicted octanol–water partition coefficient (Wildman–Crippen LogP) is 3.01. The highest BCUT2D eigenvalue weighted by Gasteiger charge is 2.16. The molecule has 0 bridgehead atoms. The molecule has 116 valence electrons. The number of carboxylic acid groups (broad SMARTS) is 1. The molecule has 1 N–H and O–H groups in total. The first-order valence-electron chi connectivity index (χ1n) is 6.70. The monoisotopic (exact) mass is 302 g/mol.